The van der Waals surface area contributed by atoms with Crippen molar-refractivity contribution in [1.82, 2.24) is 0 Å². The van der Waals surface area contributed by atoms with E-state index in [1.165, 1.54) is 51.4 Å². The van der Waals surface area contributed by atoms with Gasteiger partial charge in [-0.2, -0.15) is 8.42 Å². The van der Waals surface area contributed by atoms with Crippen LogP contribution in [0.1, 0.15) is 71.1 Å². The topological polar surface area (TPSA) is 82.1 Å². The summed E-state index contributed by atoms with van der Waals surface area (Å²) in [6.45, 7) is 2.93. The molecule has 0 aromatic carbocycles. The second kappa shape index (κ2) is 12.2. The second-order valence-corrected chi connectivity index (χ2v) is 7.38. The van der Waals surface area contributed by atoms with Crippen LogP contribution in [0.3, 0.4) is 0 Å². The van der Waals surface area contributed by atoms with Crippen molar-refractivity contribution in [3.63, 3.8) is 0 Å². The number of ether oxygens (including phenoxy) is 2. The van der Waals surface area contributed by atoms with E-state index in [0.29, 0.717) is 13.2 Å². The van der Waals surface area contributed by atoms with E-state index < -0.39 is 10.4 Å². The van der Waals surface area contributed by atoms with Gasteiger partial charge in [0.05, 0.1) is 19.8 Å². The molecule has 0 aliphatic carbocycles. The molecule has 7 heteroatoms. The Hall–Kier alpha value is -0.210. The van der Waals surface area contributed by atoms with Crippen LogP contribution in [0.4, 0.5) is 0 Å². The molecule has 0 spiro atoms. The van der Waals surface area contributed by atoms with Gasteiger partial charge in [-0.25, -0.2) is 4.18 Å². The normalized spacial score (nSPS) is 22.3. The minimum Gasteiger partial charge on any atom is -0.352 e. The van der Waals surface area contributed by atoms with E-state index in [-0.39, 0.29) is 18.8 Å². The van der Waals surface area contributed by atoms with Crippen molar-refractivity contribution in [2.24, 2.45) is 5.92 Å². The maximum absolute atomic E-state index is 10.5. The van der Waals surface area contributed by atoms with Crippen LogP contribution in [0, 0.1) is 5.92 Å². The standard InChI is InChI=1S/C16H32O6S/c1-2-3-4-5-6-7-8-9-10-11-16-20-12-15(13-21-16)14-22-23(17,18)19/h15-16H,2-14H2,1H3,(H,17,18,19). The smallest absolute Gasteiger partial charge is 0.352 e. The maximum atomic E-state index is 10.5. The summed E-state index contributed by atoms with van der Waals surface area (Å²) in [6.07, 6.45) is 12.3. The molecule has 138 valence electrons. The highest BCUT2D eigenvalue weighted by Gasteiger charge is 2.23. The van der Waals surface area contributed by atoms with Gasteiger partial charge in [0.2, 0.25) is 0 Å². The predicted molar refractivity (Wildman–Crippen MR) is 88.5 cm³/mol. The van der Waals surface area contributed by atoms with Crippen molar-refractivity contribution >= 4 is 10.4 Å². The quantitative estimate of drug-likeness (QED) is 0.402. The van der Waals surface area contributed by atoms with E-state index in [1.54, 1.807) is 0 Å². The van der Waals surface area contributed by atoms with Crippen LogP contribution in [-0.2, 0) is 24.1 Å². The van der Waals surface area contributed by atoms with Crippen molar-refractivity contribution in [3.05, 3.63) is 0 Å². The van der Waals surface area contributed by atoms with E-state index in [0.717, 1.165) is 12.8 Å². The maximum Gasteiger partial charge on any atom is 0.397 e. The summed E-state index contributed by atoms with van der Waals surface area (Å²) in [6, 6.07) is 0. The van der Waals surface area contributed by atoms with Gasteiger partial charge in [0.15, 0.2) is 6.29 Å². The van der Waals surface area contributed by atoms with Gasteiger partial charge in [0.1, 0.15) is 0 Å². The molecule has 6 nitrogen and oxygen atoms in total. The average Bonchev–Trinajstić information content (AvgIpc) is 2.52. The summed E-state index contributed by atoms with van der Waals surface area (Å²) < 4.78 is 44.9. The van der Waals surface area contributed by atoms with Crippen LogP contribution in [0.2, 0.25) is 0 Å². The number of hydrogen-bond acceptors (Lipinski definition) is 5. The third kappa shape index (κ3) is 11.9. The third-order valence-corrected chi connectivity index (χ3v) is 4.47. The zero-order valence-electron chi connectivity index (χ0n) is 14.2. The highest BCUT2D eigenvalue weighted by atomic mass is 32.3. The highest BCUT2D eigenvalue weighted by Crippen LogP contribution is 2.18. The molecule has 23 heavy (non-hydrogen) atoms. The fraction of sp³-hybridized carbons (Fsp3) is 1.00. The Morgan fingerprint density at radius 2 is 1.48 bits per heavy atom. The van der Waals surface area contributed by atoms with Gasteiger partial charge < -0.3 is 9.47 Å². The molecular weight excluding hydrogens is 320 g/mol. The number of unbranched alkanes of at least 4 members (excludes halogenated alkanes) is 8. The molecule has 0 bridgehead atoms. The van der Waals surface area contributed by atoms with Gasteiger partial charge in [-0.15, -0.1) is 0 Å². The van der Waals surface area contributed by atoms with Gasteiger partial charge in [0.25, 0.3) is 0 Å². The molecule has 0 atom stereocenters. The molecule has 0 unspecified atom stereocenters. The van der Waals surface area contributed by atoms with Crippen molar-refractivity contribution in [2.45, 2.75) is 77.4 Å². The van der Waals surface area contributed by atoms with Crippen molar-refractivity contribution in [1.29, 1.82) is 0 Å². The summed E-state index contributed by atoms with van der Waals surface area (Å²) >= 11 is 0. The first-order chi connectivity index (χ1) is 11.0. The van der Waals surface area contributed by atoms with Crippen LogP contribution in [0.15, 0.2) is 0 Å². The van der Waals surface area contributed by atoms with Gasteiger partial charge in [-0.05, 0) is 12.8 Å². The lowest BCUT2D eigenvalue weighted by Gasteiger charge is -2.28. The molecule has 1 rings (SSSR count). The first-order valence-electron chi connectivity index (χ1n) is 8.86. The van der Waals surface area contributed by atoms with E-state index in [4.69, 9.17) is 14.0 Å². The second-order valence-electron chi connectivity index (χ2n) is 6.29. The van der Waals surface area contributed by atoms with Crippen LogP contribution >= 0.6 is 0 Å². The van der Waals surface area contributed by atoms with Crippen LogP contribution in [0.5, 0.6) is 0 Å². The number of rotatable bonds is 13. The molecule has 1 aliphatic rings. The Morgan fingerprint density at radius 1 is 0.957 bits per heavy atom. The SMILES string of the molecule is CCCCCCCCCCCC1OCC(COS(=O)(=O)O)CO1. The molecule has 1 N–H and O–H groups in total. The van der Waals surface area contributed by atoms with E-state index >= 15 is 0 Å². The molecule has 0 amide bonds. The monoisotopic (exact) mass is 352 g/mol. The molecule has 0 radical (unpaired) electrons. The Labute approximate surface area is 140 Å². The Balaban J connectivity index is 1.92. The Bertz CT molecular complexity index is 376. The molecule has 1 aliphatic heterocycles. The zero-order chi connectivity index (χ0) is 17.0. The zero-order valence-corrected chi connectivity index (χ0v) is 15.1. The fourth-order valence-corrected chi connectivity index (χ4v) is 3.01. The van der Waals surface area contributed by atoms with Gasteiger partial charge in [0, 0.05) is 5.92 Å². The van der Waals surface area contributed by atoms with Crippen LogP contribution in [0.25, 0.3) is 0 Å². The van der Waals surface area contributed by atoms with Crippen molar-refractivity contribution < 1.29 is 26.6 Å². The number of hydrogen-bond donors (Lipinski definition) is 1. The third-order valence-electron chi connectivity index (χ3n) is 4.03. The molecule has 0 aromatic heterocycles. The summed E-state index contributed by atoms with van der Waals surface area (Å²) in [7, 11) is -4.38. The highest BCUT2D eigenvalue weighted by molar-refractivity contribution is 7.80. The summed E-state index contributed by atoms with van der Waals surface area (Å²) in [5, 5.41) is 0. The molecule has 0 saturated carbocycles. The minimum atomic E-state index is -4.38. The van der Waals surface area contributed by atoms with Crippen LogP contribution < -0.4 is 0 Å². The van der Waals surface area contributed by atoms with Crippen molar-refractivity contribution in [3.8, 4) is 0 Å². The minimum absolute atomic E-state index is 0.108. The molecule has 1 heterocycles. The van der Waals surface area contributed by atoms with Crippen molar-refractivity contribution in [2.75, 3.05) is 19.8 Å². The van der Waals surface area contributed by atoms with Gasteiger partial charge in [-0.1, -0.05) is 58.3 Å². The lowest BCUT2D eigenvalue weighted by Crippen LogP contribution is -2.34. The molecule has 0 aromatic rings. The Kier molecular flexibility index (Phi) is 11.0. The van der Waals surface area contributed by atoms with Gasteiger partial charge >= 0.3 is 10.4 Å². The summed E-state index contributed by atoms with van der Waals surface area (Å²) in [4.78, 5) is 0. The largest absolute Gasteiger partial charge is 0.397 e. The van der Waals surface area contributed by atoms with Gasteiger partial charge in [-0.3, -0.25) is 4.55 Å². The van der Waals surface area contributed by atoms with Crippen LogP contribution in [-0.4, -0.2) is 39.1 Å². The lowest BCUT2D eigenvalue weighted by molar-refractivity contribution is -0.206. The van der Waals surface area contributed by atoms with E-state index in [1.807, 2.05) is 0 Å². The summed E-state index contributed by atoms with van der Waals surface area (Å²) in [5.41, 5.74) is 0. The lowest BCUT2D eigenvalue weighted by atomic mass is 10.1. The molecule has 1 fully saturated rings. The average molecular weight is 352 g/mol. The molecule has 1 saturated heterocycles. The molecular formula is C16H32O6S. The fourth-order valence-electron chi connectivity index (χ4n) is 2.65. The predicted octanol–water partition coefficient (Wildman–Crippen LogP) is 3.72. The van der Waals surface area contributed by atoms with E-state index in [9.17, 15) is 8.42 Å². The Morgan fingerprint density at radius 3 is 2.00 bits per heavy atom. The first kappa shape index (κ1) is 20.8. The van der Waals surface area contributed by atoms with E-state index in [2.05, 4.69) is 11.1 Å². The first-order valence-corrected chi connectivity index (χ1v) is 10.2. The summed E-state index contributed by atoms with van der Waals surface area (Å²) in [5.74, 6) is -0.156.